The van der Waals surface area contributed by atoms with Gasteiger partial charge in [-0.05, 0) is 117 Å². The number of hydrogen-bond donors (Lipinski definition) is 0. The van der Waals surface area contributed by atoms with Gasteiger partial charge in [0.25, 0.3) is 0 Å². The second kappa shape index (κ2) is 13.1. The van der Waals surface area contributed by atoms with E-state index >= 15 is 0 Å². The summed E-state index contributed by atoms with van der Waals surface area (Å²) < 4.78 is 4.77. The molecule has 0 bridgehead atoms. The van der Waals surface area contributed by atoms with Crippen molar-refractivity contribution in [2.75, 3.05) is 0 Å². The lowest BCUT2D eigenvalue weighted by Crippen LogP contribution is -1.96. The first-order valence-corrected chi connectivity index (χ1v) is 19.1. The van der Waals surface area contributed by atoms with Gasteiger partial charge in [-0.2, -0.15) is 0 Å². The smallest absolute Gasteiger partial charge is 0.0963 e. The highest BCUT2D eigenvalue weighted by molar-refractivity contribution is 6.12. The number of nitrogens with zero attached hydrogens (tertiary/aromatic N) is 3. The minimum Gasteiger partial charge on any atom is -0.309 e. The van der Waals surface area contributed by atoms with Crippen LogP contribution in [0.3, 0.4) is 0 Å². The van der Waals surface area contributed by atoms with Gasteiger partial charge < -0.3 is 9.13 Å². The maximum atomic E-state index is 4.93. The van der Waals surface area contributed by atoms with E-state index in [1.807, 2.05) is 12.3 Å². The van der Waals surface area contributed by atoms with Crippen molar-refractivity contribution in [3.63, 3.8) is 0 Å². The fourth-order valence-corrected chi connectivity index (χ4v) is 8.51. The highest BCUT2D eigenvalue weighted by Gasteiger charge is 2.18. The van der Waals surface area contributed by atoms with E-state index in [1.165, 1.54) is 60.8 Å². The normalized spacial score (nSPS) is 11.6. The van der Waals surface area contributed by atoms with Gasteiger partial charge in [-0.25, -0.2) is 0 Å². The predicted molar refractivity (Wildman–Crippen MR) is 235 cm³/mol. The molecule has 56 heavy (non-hydrogen) atoms. The van der Waals surface area contributed by atoms with Crippen molar-refractivity contribution in [2.45, 2.75) is 0 Å². The van der Waals surface area contributed by atoms with Crippen molar-refractivity contribution >= 4 is 43.7 Å². The molecule has 11 rings (SSSR count). The molecule has 0 aliphatic heterocycles. The summed E-state index contributed by atoms with van der Waals surface area (Å²) in [5, 5.41) is 3.59. The number of rotatable bonds is 6. The molecular formula is C53H35N3. The Balaban J connectivity index is 1.07. The number of pyridine rings is 1. The quantitative estimate of drug-likeness (QED) is 0.168. The molecule has 0 aliphatic rings. The number of hydrogen-bond acceptors (Lipinski definition) is 1. The monoisotopic (exact) mass is 713 g/mol. The summed E-state index contributed by atoms with van der Waals surface area (Å²) in [5.74, 6) is 0. The van der Waals surface area contributed by atoms with Crippen LogP contribution in [0.25, 0.3) is 99.6 Å². The largest absolute Gasteiger partial charge is 0.309 e. The third-order valence-electron chi connectivity index (χ3n) is 11.1. The first kappa shape index (κ1) is 32.0. The molecule has 0 spiro atoms. The van der Waals surface area contributed by atoms with Crippen LogP contribution in [0.5, 0.6) is 0 Å². The Kier molecular flexibility index (Phi) is 7.49. The van der Waals surface area contributed by atoms with Crippen molar-refractivity contribution in [1.29, 1.82) is 0 Å². The van der Waals surface area contributed by atoms with Crippen LogP contribution in [0.4, 0.5) is 0 Å². The molecule has 3 heteroatoms. The summed E-state index contributed by atoms with van der Waals surface area (Å²) >= 11 is 0. The zero-order chi connectivity index (χ0) is 37.0. The summed E-state index contributed by atoms with van der Waals surface area (Å²) in [5.41, 5.74) is 17.4. The number of benzene rings is 8. The number of aromatic nitrogens is 3. The van der Waals surface area contributed by atoms with Crippen LogP contribution in [-0.2, 0) is 0 Å². The molecule has 0 unspecified atom stereocenters. The van der Waals surface area contributed by atoms with E-state index < -0.39 is 0 Å². The highest BCUT2D eigenvalue weighted by atomic mass is 15.0. The average Bonchev–Trinajstić information content (AvgIpc) is 3.79. The van der Waals surface area contributed by atoms with E-state index in [1.54, 1.807) is 0 Å². The Morgan fingerprint density at radius 3 is 1.43 bits per heavy atom. The van der Waals surface area contributed by atoms with Crippen LogP contribution in [-0.4, -0.2) is 14.1 Å². The van der Waals surface area contributed by atoms with Crippen molar-refractivity contribution in [3.8, 4) is 55.9 Å². The maximum Gasteiger partial charge on any atom is 0.0963 e. The first-order chi connectivity index (χ1) is 27.8. The molecule has 262 valence electrons. The second-order valence-electron chi connectivity index (χ2n) is 14.4. The van der Waals surface area contributed by atoms with Crippen LogP contribution in [0, 0.1) is 0 Å². The minimum atomic E-state index is 1.000. The second-order valence-corrected chi connectivity index (χ2v) is 14.4. The van der Waals surface area contributed by atoms with Gasteiger partial charge >= 0.3 is 0 Å². The van der Waals surface area contributed by atoms with Gasteiger partial charge in [-0.15, -0.1) is 0 Å². The molecule has 8 aromatic carbocycles. The lowest BCUT2D eigenvalue weighted by molar-refractivity contribution is 1.18. The summed E-state index contributed by atoms with van der Waals surface area (Å²) in [4.78, 5) is 4.93. The summed E-state index contributed by atoms with van der Waals surface area (Å²) in [6, 6.07) is 74.4. The summed E-state index contributed by atoms with van der Waals surface area (Å²) in [6.45, 7) is 0. The van der Waals surface area contributed by atoms with Gasteiger partial charge in [0.05, 0.1) is 27.6 Å². The Hall–Kier alpha value is -7.49. The summed E-state index contributed by atoms with van der Waals surface area (Å²) in [7, 11) is 0. The lowest BCUT2D eigenvalue weighted by Gasteiger charge is -2.14. The molecule has 0 saturated heterocycles. The van der Waals surface area contributed by atoms with Gasteiger partial charge in [0.1, 0.15) is 0 Å². The van der Waals surface area contributed by atoms with Crippen molar-refractivity contribution in [1.82, 2.24) is 14.1 Å². The van der Waals surface area contributed by atoms with Gasteiger partial charge in [-0.3, -0.25) is 4.98 Å². The molecule has 0 amide bonds. The van der Waals surface area contributed by atoms with Crippen LogP contribution in [0.1, 0.15) is 0 Å². The van der Waals surface area contributed by atoms with E-state index in [-0.39, 0.29) is 0 Å². The van der Waals surface area contributed by atoms with Crippen LogP contribution in [0.15, 0.2) is 212 Å². The zero-order valence-electron chi connectivity index (χ0n) is 30.5. The van der Waals surface area contributed by atoms with E-state index in [0.29, 0.717) is 0 Å². The molecule has 0 N–H and O–H groups in total. The van der Waals surface area contributed by atoms with Crippen molar-refractivity contribution < 1.29 is 0 Å². The SMILES string of the molecule is c1ccc(-c2cc(-c3ccccc3)cc(-n3c4ccccc4c4cc(-c5ccc6c(c5)c5ncccc5n6-c5cccc(-c6ccccc6)c5)ccc43)c2)cc1. The average molecular weight is 714 g/mol. The predicted octanol–water partition coefficient (Wildman–Crippen LogP) is 13.9. The molecule has 0 atom stereocenters. The van der Waals surface area contributed by atoms with Crippen LogP contribution < -0.4 is 0 Å². The van der Waals surface area contributed by atoms with E-state index in [0.717, 1.165) is 38.9 Å². The Labute approximate surface area is 325 Å². The molecule has 0 radical (unpaired) electrons. The van der Waals surface area contributed by atoms with Crippen LogP contribution in [0.2, 0.25) is 0 Å². The van der Waals surface area contributed by atoms with E-state index in [4.69, 9.17) is 4.98 Å². The Bertz CT molecular complexity index is 3170. The van der Waals surface area contributed by atoms with Gasteiger partial charge in [0, 0.05) is 33.7 Å². The number of fused-ring (bicyclic) bond motifs is 6. The number of para-hydroxylation sites is 1. The molecule has 3 heterocycles. The molecule has 3 nitrogen and oxygen atoms in total. The van der Waals surface area contributed by atoms with Gasteiger partial charge in [0.15, 0.2) is 0 Å². The first-order valence-electron chi connectivity index (χ1n) is 19.1. The Morgan fingerprint density at radius 2 is 0.750 bits per heavy atom. The summed E-state index contributed by atoms with van der Waals surface area (Å²) in [6.07, 6.45) is 1.90. The molecular weight excluding hydrogens is 679 g/mol. The van der Waals surface area contributed by atoms with Crippen LogP contribution >= 0.6 is 0 Å². The molecule has 0 aliphatic carbocycles. The molecule has 0 fully saturated rings. The van der Waals surface area contributed by atoms with Crippen molar-refractivity contribution in [2.24, 2.45) is 0 Å². The van der Waals surface area contributed by atoms with Gasteiger partial charge in [0.2, 0.25) is 0 Å². The fraction of sp³-hybridized carbons (Fsp3) is 0. The van der Waals surface area contributed by atoms with Gasteiger partial charge in [-0.1, -0.05) is 133 Å². The third kappa shape index (κ3) is 5.32. The third-order valence-corrected chi connectivity index (χ3v) is 11.1. The lowest BCUT2D eigenvalue weighted by atomic mass is 9.98. The topological polar surface area (TPSA) is 22.8 Å². The molecule has 0 saturated carbocycles. The standard InChI is InChI=1S/C53H35N3/c1-4-14-36(15-5-1)39-20-12-21-44(31-39)55-51-28-26-41(35-48(51)53-52(55)24-13-29-54-53)40-25-27-50-47(34-40)46-22-10-11-23-49(46)56(50)45-32-42(37-16-6-2-7-17-37)30-43(33-45)38-18-8-3-9-19-38/h1-35H. The molecule has 11 aromatic rings. The Morgan fingerprint density at radius 1 is 0.268 bits per heavy atom. The van der Waals surface area contributed by atoms with Crippen molar-refractivity contribution in [3.05, 3.63) is 212 Å². The maximum absolute atomic E-state index is 4.93. The van der Waals surface area contributed by atoms with E-state index in [9.17, 15) is 0 Å². The minimum absolute atomic E-state index is 1.000. The highest BCUT2D eigenvalue weighted by Crippen LogP contribution is 2.39. The molecule has 3 aromatic heterocycles. The van der Waals surface area contributed by atoms with E-state index in [2.05, 4.69) is 209 Å². The zero-order valence-corrected chi connectivity index (χ0v) is 30.5. The fourth-order valence-electron chi connectivity index (χ4n) is 8.51.